The number of carbonyl (C=O) groups is 2. The first-order valence-electron chi connectivity index (χ1n) is 7.31. The zero-order chi connectivity index (χ0) is 15.4. The van der Waals surface area contributed by atoms with E-state index < -0.39 is 6.04 Å². The van der Waals surface area contributed by atoms with Crippen molar-refractivity contribution in [3.8, 4) is 0 Å². The second-order valence-corrected chi connectivity index (χ2v) is 6.08. The topological polar surface area (TPSA) is 58.2 Å². The lowest BCUT2D eigenvalue weighted by Crippen LogP contribution is -2.47. The molecule has 0 aliphatic heterocycles. The Balaban J connectivity index is 2.09. The van der Waals surface area contributed by atoms with Crippen molar-refractivity contribution >= 4 is 29.1 Å². The Morgan fingerprint density at radius 3 is 2.52 bits per heavy atom. The fraction of sp³-hybridized carbons (Fsp3) is 0.500. The molecule has 2 rings (SSSR count). The van der Waals surface area contributed by atoms with Gasteiger partial charge < -0.3 is 10.6 Å². The number of rotatable bonds is 4. The van der Waals surface area contributed by atoms with E-state index in [2.05, 4.69) is 10.6 Å². The van der Waals surface area contributed by atoms with Crippen molar-refractivity contribution in [1.29, 1.82) is 0 Å². The summed E-state index contributed by atoms with van der Waals surface area (Å²) in [6.45, 7) is 3.35. The van der Waals surface area contributed by atoms with Gasteiger partial charge in [0.1, 0.15) is 6.04 Å². The van der Waals surface area contributed by atoms with Crippen LogP contribution in [0.1, 0.15) is 38.2 Å². The summed E-state index contributed by atoms with van der Waals surface area (Å²) in [5.74, 6) is -0.129. The van der Waals surface area contributed by atoms with Gasteiger partial charge in [-0.25, -0.2) is 0 Å². The lowest BCUT2D eigenvalue weighted by molar-refractivity contribution is -0.126. The monoisotopic (exact) mass is 308 g/mol. The molecular formula is C16H21ClN2O2. The summed E-state index contributed by atoms with van der Waals surface area (Å²) in [7, 11) is 0. The normalized spacial score (nSPS) is 16.5. The number of hydrogen-bond acceptors (Lipinski definition) is 2. The molecular weight excluding hydrogens is 288 g/mol. The summed E-state index contributed by atoms with van der Waals surface area (Å²) in [5, 5.41) is 6.25. The van der Waals surface area contributed by atoms with Crippen molar-refractivity contribution < 1.29 is 9.59 Å². The van der Waals surface area contributed by atoms with Gasteiger partial charge in [0.15, 0.2) is 0 Å². The summed E-state index contributed by atoms with van der Waals surface area (Å²) in [5.41, 5.74) is 1.62. The van der Waals surface area contributed by atoms with Gasteiger partial charge in [0.25, 0.3) is 0 Å². The molecule has 0 spiro atoms. The summed E-state index contributed by atoms with van der Waals surface area (Å²) in [4.78, 5) is 23.8. The highest BCUT2D eigenvalue weighted by atomic mass is 35.5. The Morgan fingerprint density at radius 2 is 1.95 bits per heavy atom. The molecule has 0 unspecified atom stereocenters. The van der Waals surface area contributed by atoms with Crippen LogP contribution in [-0.2, 0) is 9.59 Å². The minimum absolute atomic E-state index is 0.169. The Labute approximate surface area is 130 Å². The van der Waals surface area contributed by atoms with E-state index in [-0.39, 0.29) is 17.7 Å². The van der Waals surface area contributed by atoms with Crippen LogP contribution in [0, 0.1) is 12.8 Å². The second-order valence-electron chi connectivity index (χ2n) is 5.68. The van der Waals surface area contributed by atoms with Crippen molar-refractivity contribution in [3.05, 3.63) is 28.8 Å². The number of benzene rings is 1. The first-order chi connectivity index (χ1) is 9.97. The average molecular weight is 309 g/mol. The van der Waals surface area contributed by atoms with E-state index in [1.165, 1.54) is 6.92 Å². The zero-order valence-corrected chi connectivity index (χ0v) is 13.2. The number of aryl methyl sites for hydroxylation is 1. The molecule has 0 saturated heterocycles. The molecule has 1 aliphatic rings. The van der Waals surface area contributed by atoms with Gasteiger partial charge in [-0.3, -0.25) is 9.59 Å². The third-order valence-electron chi connectivity index (χ3n) is 3.95. The lowest BCUT2D eigenvalue weighted by Gasteiger charge is -2.23. The third-order valence-corrected chi connectivity index (χ3v) is 4.36. The predicted molar refractivity (Wildman–Crippen MR) is 84.4 cm³/mol. The minimum atomic E-state index is -0.468. The van der Waals surface area contributed by atoms with Gasteiger partial charge in [0.2, 0.25) is 11.8 Å². The van der Waals surface area contributed by atoms with Crippen LogP contribution in [0.25, 0.3) is 0 Å². The zero-order valence-electron chi connectivity index (χ0n) is 12.4. The lowest BCUT2D eigenvalue weighted by atomic mass is 9.97. The number of amides is 2. The standard InChI is InChI=1S/C16H21ClN2O2/c1-10-7-8-13(9-14(10)17)19-16(21)15(18-11(2)20)12-5-3-4-6-12/h7-9,12,15H,3-6H2,1-2H3,(H,18,20)(H,19,21)/t15-/m0/s1. The fourth-order valence-electron chi connectivity index (χ4n) is 2.80. The van der Waals surface area contributed by atoms with Gasteiger partial charge in [-0.2, -0.15) is 0 Å². The van der Waals surface area contributed by atoms with Crippen molar-refractivity contribution in [3.63, 3.8) is 0 Å². The SMILES string of the molecule is CC(=O)N[C@H](C(=O)Nc1ccc(C)c(Cl)c1)C1CCCC1. The molecule has 5 heteroatoms. The Bertz CT molecular complexity index is 539. The molecule has 0 heterocycles. The second kappa shape index (κ2) is 6.94. The van der Waals surface area contributed by atoms with Crippen LogP contribution in [0.3, 0.4) is 0 Å². The number of nitrogens with one attached hydrogen (secondary N) is 2. The molecule has 1 atom stereocenters. The molecule has 114 valence electrons. The highest BCUT2D eigenvalue weighted by Crippen LogP contribution is 2.28. The molecule has 2 N–H and O–H groups in total. The summed E-state index contributed by atoms with van der Waals surface area (Å²) < 4.78 is 0. The van der Waals surface area contributed by atoms with Crippen LogP contribution in [0.4, 0.5) is 5.69 Å². The first kappa shape index (κ1) is 15.8. The molecule has 4 nitrogen and oxygen atoms in total. The van der Waals surface area contributed by atoms with Crippen molar-refractivity contribution in [2.45, 2.75) is 45.6 Å². The number of anilines is 1. The maximum absolute atomic E-state index is 12.5. The van der Waals surface area contributed by atoms with Gasteiger partial charge in [-0.05, 0) is 43.4 Å². The van der Waals surface area contributed by atoms with Gasteiger partial charge in [0, 0.05) is 17.6 Å². The molecule has 0 bridgehead atoms. The molecule has 0 radical (unpaired) electrons. The van der Waals surface area contributed by atoms with E-state index in [4.69, 9.17) is 11.6 Å². The van der Waals surface area contributed by atoms with Crippen molar-refractivity contribution in [1.82, 2.24) is 5.32 Å². The van der Waals surface area contributed by atoms with Crippen LogP contribution < -0.4 is 10.6 Å². The quantitative estimate of drug-likeness (QED) is 0.896. The third kappa shape index (κ3) is 4.21. The van der Waals surface area contributed by atoms with Crippen LogP contribution in [0.5, 0.6) is 0 Å². The van der Waals surface area contributed by atoms with Gasteiger partial charge >= 0.3 is 0 Å². The minimum Gasteiger partial charge on any atom is -0.344 e. The van der Waals surface area contributed by atoms with E-state index in [0.717, 1.165) is 31.2 Å². The maximum Gasteiger partial charge on any atom is 0.247 e. The highest BCUT2D eigenvalue weighted by Gasteiger charge is 2.31. The number of halogens is 1. The highest BCUT2D eigenvalue weighted by molar-refractivity contribution is 6.31. The van der Waals surface area contributed by atoms with Crippen LogP contribution in [-0.4, -0.2) is 17.9 Å². The maximum atomic E-state index is 12.5. The molecule has 1 fully saturated rings. The molecule has 1 aromatic carbocycles. The molecule has 1 aliphatic carbocycles. The largest absolute Gasteiger partial charge is 0.344 e. The number of carbonyl (C=O) groups excluding carboxylic acids is 2. The van der Waals surface area contributed by atoms with Crippen molar-refractivity contribution in [2.75, 3.05) is 5.32 Å². The van der Waals surface area contributed by atoms with Gasteiger partial charge in [0.05, 0.1) is 0 Å². The molecule has 21 heavy (non-hydrogen) atoms. The van der Waals surface area contributed by atoms with Gasteiger partial charge in [-0.15, -0.1) is 0 Å². The summed E-state index contributed by atoms with van der Waals surface area (Å²) in [6, 6.07) is 4.94. The van der Waals surface area contributed by atoms with E-state index in [1.54, 1.807) is 6.07 Å². The van der Waals surface area contributed by atoms with E-state index in [9.17, 15) is 9.59 Å². The Morgan fingerprint density at radius 1 is 1.29 bits per heavy atom. The van der Waals surface area contributed by atoms with Crippen LogP contribution in [0.2, 0.25) is 5.02 Å². The smallest absolute Gasteiger partial charge is 0.247 e. The average Bonchev–Trinajstić information content (AvgIpc) is 2.93. The Hall–Kier alpha value is -1.55. The predicted octanol–water partition coefficient (Wildman–Crippen LogP) is 3.28. The van der Waals surface area contributed by atoms with E-state index in [0.29, 0.717) is 10.7 Å². The molecule has 2 amide bonds. The van der Waals surface area contributed by atoms with E-state index in [1.807, 2.05) is 19.1 Å². The number of hydrogen-bond donors (Lipinski definition) is 2. The molecule has 1 aromatic rings. The summed E-state index contributed by atoms with van der Waals surface area (Å²) in [6.07, 6.45) is 4.19. The first-order valence-corrected chi connectivity index (χ1v) is 7.69. The van der Waals surface area contributed by atoms with Crippen molar-refractivity contribution in [2.24, 2.45) is 5.92 Å². The van der Waals surface area contributed by atoms with Gasteiger partial charge in [-0.1, -0.05) is 30.5 Å². The van der Waals surface area contributed by atoms with Crippen LogP contribution in [0.15, 0.2) is 18.2 Å². The summed E-state index contributed by atoms with van der Waals surface area (Å²) >= 11 is 6.07. The molecule has 1 saturated carbocycles. The molecule has 0 aromatic heterocycles. The Kier molecular flexibility index (Phi) is 5.23. The fourth-order valence-corrected chi connectivity index (χ4v) is 2.98. The van der Waals surface area contributed by atoms with E-state index >= 15 is 0 Å². The van der Waals surface area contributed by atoms with Crippen LogP contribution >= 0.6 is 11.6 Å².